The van der Waals surface area contributed by atoms with Gasteiger partial charge in [0.25, 0.3) is 5.91 Å². The van der Waals surface area contributed by atoms with Crippen LogP contribution in [0.5, 0.6) is 0 Å². The molecule has 1 atom stereocenters. The van der Waals surface area contributed by atoms with Gasteiger partial charge in [0.2, 0.25) is 0 Å². The lowest BCUT2D eigenvalue weighted by Gasteiger charge is -2.25. The van der Waals surface area contributed by atoms with Gasteiger partial charge in [0.05, 0.1) is 0 Å². The first-order valence-corrected chi connectivity index (χ1v) is 7.47. The van der Waals surface area contributed by atoms with E-state index in [1.165, 1.54) is 11.3 Å². The Bertz CT molecular complexity index is 484. The van der Waals surface area contributed by atoms with Crippen molar-refractivity contribution in [3.05, 3.63) is 29.3 Å². The lowest BCUT2D eigenvalue weighted by Crippen LogP contribution is -2.35. The van der Waals surface area contributed by atoms with E-state index in [9.17, 15) is 4.79 Å². The molecule has 1 aromatic rings. The second kappa shape index (κ2) is 5.24. The zero-order valence-corrected chi connectivity index (χ0v) is 11.6. The van der Waals surface area contributed by atoms with Crippen molar-refractivity contribution >= 4 is 11.6 Å². The third kappa shape index (κ3) is 2.34. The Morgan fingerprint density at radius 3 is 3.16 bits per heavy atom. The van der Waals surface area contributed by atoms with Gasteiger partial charge >= 0.3 is 0 Å². The normalized spacial score (nSPS) is 21.9. The molecule has 3 nitrogen and oxygen atoms in total. The summed E-state index contributed by atoms with van der Waals surface area (Å²) in [5.74, 6) is 0.220. The fourth-order valence-electron chi connectivity index (χ4n) is 3.30. The summed E-state index contributed by atoms with van der Waals surface area (Å²) in [6.07, 6.45) is 5.62. The lowest BCUT2D eigenvalue weighted by atomic mass is 10.00. The van der Waals surface area contributed by atoms with Gasteiger partial charge in [-0.3, -0.25) is 4.79 Å². The molecule has 1 saturated heterocycles. The van der Waals surface area contributed by atoms with Crippen molar-refractivity contribution < 1.29 is 4.79 Å². The zero-order chi connectivity index (χ0) is 13.2. The minimum Gasteiger partial charge on any atom is -0.385 e. The highest BCUT2D eigenvalue weighted by Crippen LogP contribution is 2.26. The summed E-state index contributed by atoms with van der Waals surface area (Å²) in [5, 5.41) is 3.39. The van der Waals surface area contributed by atoms with Gasteiger partial charge in [0, 0.05) is 30.4 Å². The Labute approximate surface area is 115 Å². The van der Waals surface area contributed by atoms with Crippen molar-refractivity contribution in [3.8, 4) is 0 Å². The van der Waals surface area contributed by atoms with Crippen molar-refractivity contribution in [2.75, 3.05) is 18.4 Å². The molecule has 1 aromatic carbocycles. The van der Waals surface area contributed by atoms with E-state index in [1.807, 2.05) is 6.07 Å². The quantitative estimate of drug-likeness (QED) is 0.884. The van der Waals surface area contributed by atoms with E-state index >= 15 is 0 Å². The van der Waals surface area contributed by atoms with Crippen LogP contribution in [-0.2, 0) is 6.42 Å². The molecule has 0 aliphatic carbocycles. The summed E-state index contributed by atoms with van der Waals surface area (Å²) in [7, 11) is 0. The van der Waals surface area contributed by atoms with Crippen molar-refractivity contribution in [2.45, 2.75) is 45.1 Å². The van der Waals surface area contributed by atoms with Gasteiger partial charge in [-0.1, -0.05) is 6.92 Å². The summed E-state index contributed by atoms with van der Waals surface area (Å²) in [6, 6.07) is 6.58. The van der Waals surface area contributed by atoms with Gasteiger partial charge in [0.1, 0.15) is 0 Å². The maximum Gasteiger partial charge on any atom is 0.254 e. The minimum atomic E-state index is 0.220. The number of nitrogens with zero attached hydrogens (tertiary/aromatic N) is 1. The minimum absolute atomic E-state index is 0.220. The van der Waals surface area contributed by atoms with Gasteiger partial charge in [-0.15, -0.1) is 0 Å². The van der Waals surface area contributed by atoms with Crippen LogP contribution in [0.15, 0.2) is 18.2 Å². The summed E-state index contributed by atoms with van der Waals surface area (Å²) < 4.78 is 0. The Hall–Kier alpha value is -1.51. The van der Waals surface area contributed by atoms with Crippen molar-refractivity contribution in [1.82, 2.24) is 4.90 Å². The number of aryl methyl sites for hydroxylation is 1. The monoisotopic (exact) mass is 258 g/mol. The number of likely N-dealkylation sites (tertiary alicyclic amines) is 1. The molecule has 0 saturated carbocycles. The average Bonchev–Trinajstić information content (AvgIpc) is 2.94. The maximum atomic E-state index is 12.6. The SMILES string of the molecule is CCC1CCCN1C(=O)c1ccc2c(c1)CCCN2. The van der Waals surface area contributed by atoms with Crippen LogP contribution in [0.25, 0.3) is 0 Å². The van der Waals surface area contributed by atoms with E-state index in [2.05, 4.69) is 29.3 Å². The number of carbonyl (C=O) groups is 1. The highest BCUT2D eigenvalue weighted by molar-refractivity contribution is 5.95. The predicted octanol–water partition coefficient (Wildman–Crippen LogP) is 3.06. The van der Waals surface area contributed by atoms with Gasteiger partial charge in [0.15, 0.2) is 0 Å². The Morgan fingerprint density at radius 2 is 2.32 bits per heavy atom. The summed E-state index contributed by atoms with van der Waals surface area (Å²) in [4.78, 5) is 14.7. The topological polar surface area (TPSA) is 32.3 Å². The van der Waals surface area contributed by atoms with Crippen LogP contribution in [0.1, 0.15) is 48.5 Å². The number of anilines is 1. The van der Waals surface area contributed by atoms with Crippen LogP contribution < -0.4 is 5.32 Å². The molecule has 1 N–H and O–H groups in total. The van der Waals surface area contributed by atoms with Gasteiger partial charge < -0.3 is 10.2 Å². The van der Waals surface area contributed by atoms with E-state index < -0.39 is 0 Å². The van der Waals surface area contributed by atoms with Crippen molar-refractivity contribution in [1.29, 1.82) is 0 Å². The predicted molar refractivity (Wildman–Crippen MR) is 77.6 cm³/mol. The number of benzene rings is 1. The summed E-state index contributed by atoms with van der Waals surface area (Å²) >= 11 is 0. The zero-order valence-electron chi connectivity index (χ0n) is 11.6. The molecule has 3 heteroatoms. The molecule has 102 valence electrons. The first-order valence-electron chi connectivity index (χ1n) is 7.47. The molecule has 0 radical (unpaired) electrons. The molecular weight excluding hydrogens is 236 g/mol. The third-order valence-corrected chi connectivity index (χ3v) is 4.40. The number of nitrogens with one attached hydrogen (secondary N) is 1. The van der Waals surface area contributed by atoms with Gasteiger partial charge in [-0.05, 0) is 55.9 Å². The number of amides is 1. The van der Waals surface area contributed by atoms with Crippen LogP contribution in [0.4, 0.5) is 5.69 Å². The number of carbonyl (C=O) groups excluding carboxylic acids is 1. The van der Waals surface area contributed by atoms with Gasteiger partial charge in [-0.25, -0.2) is 0 Å². The standard InChI is InChI=1S/C16H22N2O/c1-2-14-6-4-10-18(14)16(19)13-7-8-15-12(11-13)5-3-9-17-15/h7-8,11,14,17H,2-6,9-10H2,1H3. The molecule has 3 rings (SSSR count). The van der Waals surface area contributed by atoms with Crippen LogP contribution in [0.3, 0.4) is 0 Å². The maximum absolute atomic E-state index is 12.6. The second-order valence-electron chi connectivity index (χ2n) is 5.61. The molecule has 2 aliphatic heterocycles. The Kier molecular flexibility index (Phi) is 3.45. The Balaban J connectivity index is 1.83. The molecule has 19 heavy (non-hydrogen) atoms. The Morgan fingerprint density at radius 1 is 1.42 bits per heavy atom. The molecular formula is C16H22N2O. The molecule has 2 aliphatic rings. The largest absolute Gasteiger partial charge is 0.385 e. The second-order valence-corrected chi connectivity index (χ2v) is 5.61. The van der Waals surface area contributed by atoms with Crippen LogP contribution in [-0.4, -0.2) is 29.9 Å². The average molecular weight is 258 g/mol. The fraction of sp³-hybridized carbons (Fsp3) is 0.562. The lowest BCUT2D eigenvalue weighted by molar-refractivity contribution is 0.0733. The highest BCUT2D eigenvalue weighted by Gasteiger charge is 2.28. The highest BCUT2D eigenvalue weighted by atomic mass is 16.2. The molecule has 1 unspecified atom stereocenters. The number of hydrogen-bond donors (Lipinski definition) is 1. The van der Waals surface area contributed by atoms with Gasteiger partial charge in [-0.2, -0.15) is 0 Å². The van der Waals surface area contributed by atoms with E-state index in [0.29, 0.717) is 6.04 Å². The molecule has 0 spiro atoms. The first-order chi connectivity index (χ1) is 9.29. The molecule has 2 heterocycles. The van der Waals surface area contributed by atoms with E-state index in [0.717, 1.165) is 50.8 Å². The number of fused-ring (bicyclic) bond motifs is 1. The van der Waals surface area contributed by atoms with Crippen molar-refractivity contribution in [2.24, 2.45) is 0 Å². The van der Waals surface area contributed by atoms with E-state index in [4.69, 9.17) is 0 Å². The molecule has 1 amide bonds. The molecule has 0 aromatic heterocycles. The summed E-state index contributed by atoms with van der Waals surface area (Å²) in [5.41, 5.74) is 3.36. The van der Waals surface area contributed by atoms with Crippen LogP contribution in [0.2, 0.25) is 0 Å². The number of rotatable bonds is 2. The molecule has 1 fully saturated rings. The smallest absolute Gasteiger partial charge is 0.254 e. The molecule has 0 bridgehead atoms. The van der Waals surface area contributed by atoms with E-state index in [1.54, 1.807) is 0 Å². The van der Waals surface area contributed by atoms with Crippen LogP contribution >= 0.6 is 0 Å². The first kappa shape index (κ1) is 12.5. The van der Waals surface area contributed by atoms with E-state index in [-0.39, 0.29) is 5.91 Å². The van der Waals surface area contributed by atoms with Crippen LogP contribution in [0, 0.1) is 0 Å². The summed E-state index contributed by atoms with van der Waals surface area (Å²) in [6.45, 7) is 4.14. The third-order valence-electron chi connectivity index (χ3n) is 4.40. The number of hydrogen-bond acceptors (Lipinski definition) is 2. The van der Waals surface area contributed by atoms with Crippen molar-refractivity contribution in [3.63, 3.8) is 0 Å². The fourth-order valence-corrected chi connectivity index (χ4v) is 3.30.